The van der Waals surface area contributed by atoms with Gasteiger partial charge in [-0.1, -0.05) is 30.3 Å². The largest absolute Gasteiger partial charge is 0.453 e. The number of carbonyl (C=O) groups is 1. The first-order valence-electron chi connectivity index (χ1n) is 7.11. The fourth-order valence-corrected chi connectivity index (χ4v) is 2.90. The molecular weight excluding hydrogens is 313 g/mol. The predicted molar refractivity (Wildman–Crippen MR) is 87.8 cm³/mol. The van der Waals surface area contributed by atoms with Crippen molar-refractivity contribution in [1.29, 1.82) is 0 Å². The molecule has 0 spiro atoms. The molecule has 0 unspecified atom stereocenters. The van der Waals surface area contributed by atoms with Crippen LogP contribution in [-0.2, 0) is 4.74 Å². The van der Waals surface area contributed by atoms with Crippen LogP contribution >= 0.6 is 11.3 Å². The number of carbonyl (C=O) groups excluding carboxylic acids is 1. The molecule has 0 bridgehead atoms. The van der Waals surface area contributed by atoms with Crippen molar-refractivity contribution in [2.45, 2.75) is 13.0 Å². The molecule has 0 aliphatic heterocycles. The van der Waals surface area contributed by atoms with E-state index >= 15 is 0 Å². The number of nitrogens with zero attached hydrogens (tertiary/aromatic N) is 1. The Kier molecular flexibility index (Phi) is 4.48. The smallest absolute Gasteiger partial charge is 0.358 e. The van der Waals surface area contributed by atoms with Crippen molar-refractivity contribution >= 4 is 17.3 Å². The molecule has 0 saturated carbocycles. The maximum Gasteiger partial charge on any atom is 0.358 e. The summed E-state index contributed by atoms with van der Waals surface area (Å²) in [6.07, 6.45) is -0.348. The topological polar surface area (TPSA) is 39.2 Å². The van der Waals surface area contributed by atoms with Gasteiger partial charge in [0.15, 0.2) is 5.69 Å². The Labute approximate surface area is 137 Å². The molecule has 3 aromatic rings. The van der Waals surface area contributed by atoms with Gasteiger partial charge < -0.3 is 4.74 Å². The number of rotatable bonds is 4. The minimum atomic E-state index is -0.467. The highest BCUT2D eigenvalue weighted by molar-refractivity contribution is 7.13. The summed E-state index contributed by atoms with van der Waals surface area (Å²) in [7, 11) is 0. The average molecular weight is 327 g/mol. The van der Waals surface area contributed by atoms with E-state index in [-0.39, 0.29) is 17.6 Å². The Balaban J connectivity index is 1.72. The molecule has 1 heterocycles. The first-order valence-corrected chi connectivity index (χ1v) is 7.99. The lowest BCUT2D eigenvalue weighted by atomic mass is 10.1. The number of halogens is 1. The second-order valence-electron chi connectivity index (χ2n) is 5.00. The Morgan fingerprint density at radius 3 is 2.52 bits per heavy atom. The van der Waals surface area contributed by atoms with Gasteiger partial charge in [0.25, 0.3) is 0 Å². The minimum absolute atomic E-state index is 0.261. The second kappa shape index (κ2) is 6.71. The summed E-state index contributed by atoms with van der Waals surface area (Å²) in [6.45, 7) is 1.82. The Bertz CT molecular complexity index is 799. The first-order chi connectivity index (χ1) is 11.1. The number of ether oxygens (including phenoxy) is 1. The van der Waals surface area contributed by atoms with Crippen LogP contribution in [0.5, 0.6) is 0 Å². The lowest BCUT2D eigenvalue weighted by Gasteiger charge is -2.12. The number of esters is 1. The van der Waals surface area contributed by atoms with Crippen LogP contribution in [0.3, 0.4) is 0 Å². The van der Waals surface area contributed by atoms with Crippen LogP contribution < -0.4 is 0 Å². The Morgan fingerprint density at radius 2 is 1.83 bits per heavy atom. The summed E-state index contributed by atoms with van der Waals surface area (Å²) >= 11 is 1.33. The third-order valence-electron chi connectivity index (χ3n) is 3.36. The van der Waals surface area contributed by atoms with Crippen LogP contribution in [0.25, 0.3) is 10.6 Å². The molecule has 0 saturated heterocycles. The van der Waals surface area contributed by atoms with E-state index in [4.69, 9.17) is 4.74 Å². The molecule has 0 radical (unpaired) electrons. The molecule has 0 N–H and O–H groups in total. The zero-order valence-corrected chi connectivity index (χ0v) is 13.2. The predicted octanol–water partition coefficient (Wildman–Crippen LogP) is 4.87. The van der Waals surface area contributed by atoms with Gasteiger partial charge in [0.2, 0.25) is 0 Å². The fraction of sp³-hybridized carbons (Fsp3) is 0.111. The molecule has 0 fully saturated rings. The van der Waals surface area contributed by atoms with Crippen LogP contribution in [0.15, 0.2) is 60.0 Å². The monoisotopic (exact) mass is 327 g/mol. The maximum absolute atomic E-state index is 12.9. The summed E-state index contributed by atoms with van der Waals surface area (Å²) in [5.74, 6) is -0.771. The third-order valence-corrected chi connectivity index (χ3v) is 4.25. The highest BCUT2D eigenvalue weighted by atomic mass is 32.1. The van der Waals surface area contributed by atoms with Crippen molar-refractivity contribution in [2.24, 2.45) is 0 Å². The van der Waals surface area contributed by atoms with E-state index in [2.05, 4.69) is 4.98 Å². The molecule has 2 aromatic carbocycles. The molecule has 3 rings (SSSR count). The van der Waals surface area contributed by atoms with E-state index in [0.717, 1.165) is 11.1 Å². The summed E-state index contributed by atoms with van der Waals surface area (Å²) in [5.41, 5.74) is 1.96. The van der Waals surface area contributed by atoms with Gasteiger partial charge in [0.1, 0.15) is 16.9 Å². The molecule has 116 valence electrons. The van der Waals surface area contributed by atoms with E-state index in [0.29, 0.717) is 5.01 Å². The van der Waals surface area contributed by atoms with Gasteiger partial charge in [0, 0.05) is 10.9 Å². The van der Waals surface area contributed by atoms with Crippen molar-refractivity contribution in [2.75, 3.05) is 0 Å². The number of hydrogen-bond donors (Lipinski definition) is 0. The van der Waals surface area contributed by atoms with Gasteiger partial charge in [-0.15, -0.1) is 11.3 Å². The number of thiazole rings is 1. The molecule has 3 nitrogen and oxygen atoms in total. The van der Waals surface area contributed by atoms with Crippen molar-refractivity contribution in [3.63, 3.8) is 0 Å². The van der Waals surface area contributed by atoms with Crippen LogP contribution in [0.2, 0.25) is 0 Å². The van der Waals surface area contributed by atoms with Gasteiger partial charge >= 0.3 is 5.97 Å². The SMILES string of the molecule is C[C@H](OC(=O)c1csc(-c2ccc(F)cc2)n1)c1ccccc1. The summed E-state index contributed by atoms with van der Waals surface area (Å²) < 4.78 is 18.4. The van der Waals surface area contributed by atoms with Gasteiger partial charge in [-0.25, -0.2) is 14.2 Å². The van der Waals surface area contributed by atoms with E-state index < -0.39 is 5.97 Å². The van der Waals surface area contributed by atoms with Gasteiger partial charge in [-0.3, -0.25) is 0 Å². The van der Waals surface area contributed by atoms with E-state index in [9.17, 15) is 9.18 Å². The molecular formula is C18H14FNO2S. The van der Waals surface area contributed by atoms with Gasteiger partial charge in [-0.05, 0) is 36.8 Å². The van der Waals surface area contributed by atoms with E-state index in [1.165, 1.54) is 23.5 Å². The van der Waals surface area contributed by atoms with Crippen molar-refractivity contribution in [1.82, 2.24) is 4.98 Å². The summed E-state index contributed by atoms with van der Waals surface area (Å²) in [4.78, 5) is 16.5. The second-order valence-corrected chi connectivity index (χ2v) is 5.86. The van der Waals surface area contributed by atoms with E-state index in [1.807, 2.05) is 37.3 Å². The van der Waals surface area contributed by atoms with Gasteiger partial charge in [-0.2, -0.15) is 0 Å². The lowest BCUT2D eigenvalue weighted by Crippen LogP contribution is -2.09. The van der Waals surface area contributed by atoms with E-state index in [1.54, 1.807) is 17.5 Å². The molecule has 1 atom stereocenters. The average Bonchev–Trinajstić information content (AvgIpc) is 3.06. The van der Waals surface area contributed by atoms with Crippen LogP contribution in [0.4, 0.5) is 4.39 Å². The molecule has 23 heavy (non-hydrogen) atoms. The fourth-order valence-electron chi connectivity index (χ4n) is 2.11. The number of benzene rings is 2. The van der Waals surface area contributed by atoms with Crippen LogP contribution in [0, 0.1) is 5.82 Å². The quantitative estimate of drug-likeness (QED) is 0.642. The maximum atomic E-state index is 12.9. The Hall–Kier alpha value is -2.53. The van der Waals surface area contributed by atoms with Crippen molar-refractivity contribution < 1.29 is 13.9 Å². The molecule has 0 aliphatic carbocycles. The zero-order chi connectivity index (χ0) is 16.2. The number of aromatic nitrogens is 1. The number of hydrogen-bond acceptors (Lipinski definition) is 4. The van der Waals surface area contributed by atoms with Crippen LogP contribution in [0.1, 0.15) is 29.1 Å². The normalized spacial score (nSPS) is 11.9. The molecule has 5 heteroatoms. The zero-order valence-electron chi connectivity index (χ0n) is 12.4. The lowest BCUT2D eigenvalue weighted by molar-refractivity contribution is 0.0332. The van der Waals surface area contributed by atoms with Crippen LogP contribution in [-0.4, -0.2) is 11.0 Å². The molecule has 0 amide bonds. The van der Waals surface area contributed by atoms with Crippen molar-refractivity contribution in [3.05, 3.63) is 77.1 Å². The third kappa shape index (κ3) is 3.63. The minimum Gasteiger partial charge on any atom is -0.453 e. The standard InChI is InChI=1S/C18H14FNO2S/c1-12(13-5-3-2-4-6-13)22-18(21)16-11-23-17(20-16)14-7-9-15(19)10-8-14/h2-12H,1H3/t12-/m0/s1. The summed E-state index contributed by atoms with van der Waals surface area (Å²) in [6, 6.07) is 15.5. The summed E-state index contributed by atoms with van der Waals surface area (Å²) in [5, 5.41) is 2.31. The highest BCUT2D eigenvalue weighted by Crippen LogP contribution is 2.25. The molecule has 0 aliphatic rings. The molecule has 1 aromatic heterocycles. The first kappa shape index (κ1) is 15.4. The van der Waals surface area contributed by atoms with Crippen molar-refractivity contribution in [3.8, 4) is 10.6 Å². The van der Waals surface area contributed by atoms with Gasteiger partial charge in [0.05, 0.1) is 0 Å². The Morgan fingerprint density at radius 1 is 1.13 bits per heavy atom. The highest BCUT2D eigenvalue weighted by Gasteiger charge is 2.17.